The van der Waals surface area contributed by atoms with E-state index < -0.39 is 0 Å². The summed E-state index contributed by atoms with van der Waals surface area (Å²) >= 11 is 0. The van der Waals surface area contributed by atoms with E-state index in [4.69, 9.17) is 4.74 Å². The van der Waals surface area contributed by atoms with Crippen LogP contribution in [0.25, 0.3) is 10.8 Å². The Labute approximate surface area is 118 Å². The van der Waals surface area contributed by atoms with Crippen LogP contribution in [-0.4, -0.2) is 30.3 Å². The first kappa shape index (κ1) is 14.3. The fourth-order valence-corrected chi connectivity index (χ4v) is 2.13. The molecule has 0 bridgehead atoms. The van der Waals surface area contributed by atoms with Crippen LogP contribution in [0, 0.1) is 0 Å². The molecule has 0 fully saturated rings. The van der Waals surface area contributed by atoms with Crippen LogP contribution in [0.4, 0.5) is 0 Å². The van der Waals surface area contributed by atoms with Crippen LogP contribution in [0.3, 0.4) is 0 Å². The van der Waals surface area contributed by atoms with Crippen molar-refractivity contribution in [2.24, 2.45) is 0 Å². The summed E-state index contributed by atoms with van der Waals surface area (Å²) in [6.45, 7) is 1.80. The lowest BCUT2D eigenvalue weighted by Gasteiger charge is -2.16. The van der Waals surface area contributed by atoms with Crippen LogP contribution in [0.2, 0.25) is 0 Å². The predicted molar refractivity (Wildman–Crippen MR) is 78.8 cm³/mol. The Bertz CT molecular complexity index is 577. The smallest absolute Gasteiger partial charge is 0.217 e. The number of amides is 1. The van der Waals surface area contributed by atoms with Crippen molar-refractivity contribution in [3.63, 3.8) is 0 Å². The van der Waals surface area contributed by atoms with Crippen molar-refractivity contribution in [2.45, 2.75) is 19.4 Å². The minimum Gasteiger partial charge on any atom is -0.493 e. The molecule has 0 aliphatic heterocycles. The monoisotopic (exact) mass is 273 g/mol. The van der Waals surface area contributed by atoms with Gasteiger partial charge in [0.15, 0.2) is 0 Å². The summed E-state index contributed by atoms with van der Waals surface area (Å²) in [7, 11) is 0. The van der Waals surface area contributed by atoms with Crippen molar-refractivity contribution in [2.75, 3.05) is 13.2 Å². The number of carbonyl (C=O) groups excluding carboxylic acids is 1. The largest absolute Gasteiger partial charge is 0.493 e. The molecule has 0 aliphatic carbocycles. The summed E-state index contributed by atoms with van der Waals surface area (Å²) in [4.78, 5) is 11.0. The summed E-state index contributed by atoms with van der Waals surface area (Å²) in [5, 5.41) is 14.1. The van der Waals surface area contributed by atoms with E-state index in [1.54, 1.807) is 0 Å². The zero-order valence-electron chi connectivity index (χ0n) is 11.5. The van der Waals surface area contributed by atoms with Crippen molar-refractivity contribution < 1.29 is 14.6 Å². The quantitative estimate of drug-likeness (QED) is 0.847. The predicted octanol–water partition coefficient (Wildman–Crippen LogP) is 2.11. The zero-order valence-corrected chi connectivity index (χ0v) is 11.5. The topological polar surface area (TPSA) is 58.6 Å². The first-order valence-electron chi connectivity index (χ1n) is 6.69. The molecule has 1 unspecified atom stereocenters. The second-order valence-corrected chi connectivity index (χ2v) is 4.69. The van der Waals surface area contributed by atoms with Gasteiger partial charge in [-0.15, -0.1) is 0 Å². The van der Waals surface area contributed by atoms with E-state index in [0.29, 0.717) is 13.0 Å². The molecule has 0 aliphatic rings. The molecule has 0 radical (unpaired) electrons. The number of rotatable bonds is 6. The molecule has 2 aromatic rings. The van der Waals surface area contributed by atoms with Crippen LogP contribution >= 0.6 is 0 Å². The van der Waals surface area contributed by atoms with Gasteiger partial charge in [-0.25, -0.2) is 0 Å². The molecule has 4 heteroatoms. The van der Waals surface area contributed by atoms with Gasteiger partial charge in [0.1, 0.15) is 5.75 Å². The highest BCUT2D eigenvalue weighted by Crippen LogP contribution is 2.25. The summed E-state index contributed by atoms with van der Waals surface area (Å²) in [6, 6.07) is 13.7. The fraction of sp³-hybridized carbons (Fsp3) is 0.312. The second-order valence-electron chi connectivity index (χ2n) is 4.69. The lowest BCUT2D eigenvalue weighted by molar-refractivity contribution is -0.120. The van der Waals surface area contributed by atoms with Crippen molar-refractivity contribution in [3.8, 4) is 5.75 Å². The number of benzene rings is 2. The first-order chi connectivity index (χ1) is 9.70. The van der Waals surface area contributed by atoms with E-state index >= 15 is 0 Å². The first-order valence-corrected chi connectivity index (χ1v) is 6.69. The third kappa shape index (κ3) is 3.71. The molecule has 106 valence electrons. The highest BCUT2D eigenvalue weighted by atomic mass is 16.5. The summed E-state index contributed by atoms with van der Waals surface area (Å²) < 4.78 is 5.77. The van der Waals surface area contributed by atoms with E-state index in [0.717, 1.165) is 16.5 Å². The number of aliphatic hydroxyl groups excluding tert-OH is 1. The Morgan fingerprint density at radius 1 is 1.25 bits per heavy atom. The molecule has 4 nitrogen and oxygen atoms in total. The van der Waals surface area contributed by atoms with Gasteiger partial charge in [-0.2, -0.15) is 0 Å². The third-order valence-corrected chi connectivity index (χ3v) is 3.10. The van der Waals surface area contributed by atoms with Crippen molar-refractivity contribution >= 4 is 16.7 Å². The van der Waals surface area contributed by atoms with Gasteiger partial charge < -0.3 is 15.2 Å². The molecule has 2 aromatic carbocycles. The number of fused-ring (bicyclic) bond motifs is 1. The number of hydrogen-bond acceptors (Lipinski definition) is 3. The molecule has 0 spiro atoms. The Balaban J connectivity index is 1.97. The standard InChI is InChI=1S/C16H19NO3/c1-12(19)17-14(11-18)9-10-20-16-8-4-6-13-5-2-3-7-15(13)16/h2-8,14,18H,9-11H2,1H3,(H,17,19). The van der Waals surface area contributed by atoms with Gasteiger partial charge in [0.05, 0.1) is 19.3 Å². The SMILES string of the molecule is CC(=O)NC(CO)CCOc1cccc2ccccc12. The number of ether oxygens (including phenoxy) is 1. The Morgan fingerprint density at radius 2 is 2.00 bits per heavy atom. The van der Waals surface area contributed by atoms with Gasteiger partial charge in [-0.3, -0.25) is 4.79 Å². The highest BCUT2D eigenvalue weighted by molar-refractivity contribution is 5.88. The molecule has 0 heterocycles. The Hall–Kier alpha value is -2.07. The molecule has 1 amide bonds. The average molecular weight is 273 g/mol. The lowest BCUT2D eigenvalue weighted by atomic mass is 10.1. The minimum atomic E-state index is -0.262. The number of hydrogen-bond donors (Lipinski definition) is 2. The summed E-state index contributed by atoms with van der Waals surface area (Å²) in [5.74, 6) is 0.678. The Kier molecular flexibility index (Phi) is 4.96. The second kappa shape index (κ2) is 6.91. The van der Waals surface area contributed by atoms with Crippen LogP contribution in [0.1, 0.15) is 13.3 Å². The molecule has 0 saturated heterocycles. The molecule has 2 N–H and O–H groups in total. The van der Waals surface area contributed by atoms with Gasteiger partial charge in [-0.1, -0.05) is 36.4 Å². The highest BCUT2D eigenvalue weighted by Gasteiger charge is 2.09. The van der Waals surface area contributed by atoms with Gasteiger partial charge in [-0.05, 0) is 11.5 Å². The van der Waals surface area contributed by atoms with Crippen molar-refractivity contribution in [1.29, 1.82) is 0 Å². The van der Waals surface area contributed by atoms with Crippen LogP contribution in [0.5, 0.6) is 5.75 Å². The van der Waals surface area contributed by atoms with Gasteiger partial charge in [0, 0.05) is 18.7 Å². The van der Waals surface area contributed by atoms with Crippen LogP contribution in [0.15, 0.2) is 42.5 Å². The van der Waals surface area contributed by atoms with Gasteiger partial charge in [0.25, 0.3) is 0 Å². The van der Waals surface area contributed by atoms with Crippen LogP contribution in [-0.2, 0) is 4.79 Å². The number of aliphatic hydroxyl groups is 1. The van der Waals surface area contributed by atoms with Crippen molar-refractivity contribution in [1.82, 2.24) is 5.32 Å². The molecule has 2 rings (SSSR count). The molecule has 0 saturated carbocycles. The van der Waals surface area contributed by atoms with E-state index in [1.807, 2.05) is 42.5 Å². The Morgan fingerprint density at radius 3 is 2.75 bits per heavy atom. The maximum atomic E-state index is 11.0. The van der Waals surface area contributed by atoms with E-state index in [1.165, 1.54) is 6.92 Å². The maximum absolute atomic E-state index is 11.0. The zero-order chi connectivity index (χ0) is 14.4. The van der Waals surface area contributed by atoms with E-state index in [9.17, 15) is 9.90 Å². The maximum Gasteiger partial charge on any atom is 0.217 e. The molecular weight excluding hydrogens is 254 g/mol. The molecule has 0 aromatic heterocycles. The fourth-order valence-electron chi connectivity index (χ4n) is 2.13. The van der Waals surface area contributed by atoms with Crippen LogP contribution < -0.4 is 10.1 Å². The van der Waals surface area contributed by atoms with Crippen molar-refractivity contribution in [3.05, 3.63) is 42.5 Å². The van der Waals surface area contributed by atoms with Gasteiger partial charge >= 0.3 is 0 Å². The summed E-state index contributed by atoms with van der Waals surface area (Å²) in [6.07, 6.45) is 0.569. The number of carbonyl (C=O) groups is 1. The summed E-state index contributed by atoms with van der Waals surface area (Å²) in [5.41, 5.74) is 0. The van der Waals surface area contributed by atoms with Gasteiger partial charge in [0.2, 0.25) is 5.91 Å². The lowest BCUT2D eigenvalue weighted by Crippen LogP contribution is -2.37. The molecular formula is C16H19NO3. The molecule has 20 heavy (non-hydrogen) atoms. The van der Waals surface area contributed by atoms with E-state index in [-0.39, 0.29) is 18.6 Å². The van der Waals surface area contributed by atoms with E-state index in [2.05, 4.69) is 5.32 Å². The normalized spacial score (nSPS) is 12.1. The third-order valence-electron chi connectivity index (χ3n) is 3.10. The minimum absolute atomic E-state index is 0.0848. The molecule has 1 atom stereocenters. The number of nitrogens with one attached hydrogen (secondary N) is 1. The average Bonchev–Trinajstić information content (AvgIpc) is 2.46.